The summed E-state index contributed by atoms with van der Waals surface area (Å²) < 4.78 is 0. The lowest BCUT2D eigenvalue weighted by Crippen LogP contribution is -2.35. The molecular weight excluding hydrogens is 194 g/mol. The number of piperidine rings is 1. The molecule has 1 aliphatic carbocycles. The van der Waals surface area contributed by atoms with Crippen molar-refractivity contribution in [2.45, 2.75) is 65.2 Å². The van der Waals surface area contributed by atoms with E-state index in [4.69, 9.17) is 0 Å². The van der Waals surface area contributed by atoms with E-state index >= 15 is 0 Å². The molecule has 0 radical (unpaired) electrons. The first-order chi connectivity index (χ1) is 7.73. The van der Waals surface area contributed by atoms with Crippen LogP contribution in [0.5, 0.6) is 0 Å². The average molecular weight is 223 g/mol. The first-order valence-electron chi connectivity index (χ1n) is 7.45. The van der Waals surface area contributed by atoms with Crippen LogP contribution in [0.2, 0.25) is 0 Å². The van der Waals surface area contributed by atoms with Crippen molar-refractivity contribution in [3.05, 3.63) is 0 Å². The Labute approximate surface area is 102 Å². The molecule has 0 atom stereocenters. The number of likely N-dealkylation sites (tertiary alicyclic amines) is 1. The predicted molar refractivity (Wildman–Crippen MR) is 70.6 cm³/mol. The molecule has 94 valence electrons. The maximum Gasteiger partial charge on any atom is -0.00133 e. The number of hydrogen-bond acceptors (Lipinski definition) is 1. The van der Waals surface area contributed by atoms with Crippen molar-refractivity contribution >= 4 is 0 Å². The third kappa shape index (κ3) is 2.80. The highest BCUT2D eigenvalue weighted by molar-refractivity contribution is 4.88. The van der Waals surface area contributed by atoms with Gasteiger partial charge in [-0.15, -0.1) is 0 Å². The van der Waals surface area contributed by atoms with E-state index in [0.29, 0.717) is 5.41 Å². The molecule has 1 aliphatic heterocycles. The van der Waals surface area contributed by atoms with Crippen molar-refractivity contribution < 1.29 is 0 Å². The first-order valence-corrected chi connectivity index (χ1v) is 7.45. The molecule has 1 nitrogen and oxygen atoms in total. The molecule has 0 N–H and O–H groups in total. The zero-order valence-electron chi connectivity index (χ0n) is 11.3. The maximum absolute atomic E-state index is 2.71. The van der Waals surface area contributed by atoms with Gasteiger partial charge in [0.1, 0.15) is 0 Å². The molecule has 1 saturated carbocycles. The van der Waals surface area contributed by atoms with E-state index in [1.807, 2.05) is 0 Å². The fourth-order valence-corrected chi connectivity index (χ4v) is 3.76. The monoisotopic (exact) mass is 223 g/mol. The lowest BCUT2D eigenvalue weighted by Gasteiger charge is -2.36. The van der Waals surface area contributed by atoms with E-state index in [0.717, 1.165) is 5.92 Å². The van der Waals surface area contributed by atoms with Crippen LogP contribution in [0.25, 0.3) is 0 Å². The van der Waals surface area contributed by atoms with E-state index in [-0.39, 0.29) is 0 Å². The number of nitrogens with zero attached hydrogens (tertiary/aromatic N) is 1. The molecule has 0 aromatic heterocycles. The molecule has 16 heavy (non-hydrogen) atoms. The van der Waals surface area contributed by atoms with Gasteiger partial charge in [0.25, 0.3) is 0 Å². The van der Waals surface area contributed by atoms with Crippen molar-refractivity contribution in [3.63, 3.8) is 0 Å². The SMILES string of the molecule is CC(C)C1(CCN2CCCCC2)CCCC1. The minimum atomic E-state index is 0.706. The number of hydrogen-bond donors (Lipinski definition) is 0. The topological polar surface area (TPSA) is 3.24 Å². The molecule has 0 amide bonds. The Balaban J connectivity index is 1.81. The van der Waals surface area contributed by atoms with Gasteiger partial charge in [0.2, 0.25) is 0 Å². The summed E-state index contributed by atoms with van der Waals surface area (Å²) in [4.78, 5) is 2.71. The molecule has 2 rings (SSSR count). The molecule has 1 saturated heterocycles. The highest BCUT2D eigenvalue weighted by atomic mass is 15.1. The summed E-state index contributed by atoms with van der Waals surface area (Å²) in [5.41, 5.74) is 0.706. The van der Waals surface area contributed by atoms with E-state index in [1.54, 1.807) is 0 Å². The van der Waals surface area contributed by atoms with Gasteiger partial charge in [0.05, 0.1) is 0 Å². The summed E-state index contributed by atoms with van der Waals surface area (Å²) in [6.45, 7) is 9.00. The predicted octanol–water partition coefficient (Wildman–Crippen LogP) is 4.08. The molecule has 2 aliphatic rings. The molecule has 0 aromatic rings. The zero-order chi connectivity index (χ0) is 11.4. The van der Waals surface area contributed by atoms with E-state index < -0.39 is 0 Å². The van der Waals surface area contributed by atoms with E-state index in [1.165, 1.54) is 71.0 Å². The van der Waals surface area contributed by atoms with Crippen LogP contribution >= 0.6 is 0 Å². The maximum atomic E-state index is 2.71. The lowest BCUT2D eigenvalue weighted by atomic mass is 9.73. The van der Waals surface area contributed by atoms with Crippen molar-refractivity contribution in [2.24, 2.45) is 11.3 Å². The van der Waals surface area contributed by atoms with Gasteiger partial charge in [0.15, 0.2) is 0 Å². The van der Waals surface area contributed by atoms with Crippen LogP contribution in [0.4, 0.5) is 0 Å². The van der Waals surface area contributed by atoms with Gasteiger partial charge >= 0.3 is 0 Å². The Hall–Kier alpha value is -0.0400. The van der Waals surface area contributed by atoms with Crippen molar-refractivity contribution in [1.82, 2.24) is 4.90 Å². The first kappa shape index (κ1) is 12.4. The minimum absolute atomic E-state index is 0.706. The smallest absolute Gasteiger partial charge is 0.00133 e. The van der Waals surface area contributed by atoms with Crippen molar-refractivity contribution in [2.75, 3.05) is 19.6 Å². The normalized spacial score (nSPS) is 26.4. The second-order valence-corrected chi connectivity index (χ2v) is 6.38. The third-order valence-electron chi connectivity index (χ3n) is 5.20. The van der Waals surface area contributed by atoms with Crippen LogP contribution in [0.3, 0.4) is 0 Å². The molecular formula is C15H29N. The van der Waals surface area contributed by atoms with Crippen LogP contribution in [0, 0.1) is 11.3 Å². The highest BCUT2D eigenvalue weighted by Crippen LogP contribution is 2.47. The standard InChI is InChI=1S/C15H29N/c1-14(2)15(8-4-5-9-15)10-13-16-11-6-3-7-12-16/h14H,3-13H2,1-2H3. The van der Waals surface area contributed by atoms with Gasteiger partial charge in [-0.2, -0.15) is 0 Å². The quantitative estimate of drug-likeness (QED) is 0.694. The Morgan fingerprint density at radius 1 is 0.938 bits per heavy atom. The fraction of sp³-hybridized carbons (Fsp3) is 1.00. The summed E-state index contributed by atoms with van der Waals surface area (Å²) >= 11 is 0. The summed E-state index contributed by atoms with van der Waals surface area (Å²) in [5, 5.41) is 0. The molecule has 2 fully saturated rings. The summed E-state index contributed by atoms with van der Waals surface area (Å²) in [6.07, 6.45) is 11.8. The van der Waals surface area contributed by atoms with Gasteiger partial charge in [-0.05, 0) is 63.1 Å². The van der Waals surface area contributed by atoms with Gasteiger partial charge in [-0.25, -0.2) is 0 Å². The van der Waals surface area contributed by atoms with Gasteiger partial charge in [-0.1, -0.05) is 33.1 Å². The summed E-state index contributed by atoms with van der Waals surface area (Å²) in [5.74, 6) is 0.889. The highest BCUT2D eigenvalue weighted by Gasteiger charge is 2.36. The second-order valence-electron chi connectivity index (χ2n) is 6.38. The summed E-state index contributed by atoms with van der Waals surface area (Å²) in [7, 11) is 0. The molecule has 1 heteroatoms. The van der Waals surface area contributed by atoms with Gasteiger partial charge in [-0.3, -0.25) is 0 Å². The fourth-order valence-electron chi connectivity index (χ4n) is 3.76. The zero-order valence-corrected chi connectivity index (χ0v) is 11.3. The van der Waals surface area contributed by atoms with Crippen LogP contribution in [0.15, 0.2) is 0 Å². The molecule has 0 bridgehead atoms. The minimum Gasteiger partial charge on any atom is -0.303 e. The second kappa shape index (κ2) is 5.53. The van der Waals surface area contributed by atoms with E-state index in [9.17, 15) is 0 Å². The van der Waals surface area contributed by atoms with Crippen molar-refractivity contribution in [1.29, 1.82) is 0 Å². The number of rotatable bonds is 4. The summed E-state index contributed by atoms with van der Waals surface area (Å²) in [6, 6.07) is 0. The van der Waals surface area contributed by atoms with Crippen LogP contribution in [-0.4, -0.2) is 24.5 Å². The van der Waals surface area contributed by atoms with Crippen LogP contribution < -0.4 is 0 Å². The lowest BCUT2D eigenvalue weighted by molar-refractivity contribution is 0.131. The Bertz CT molecular complexity index is 197. The largest absolute Gasteiger partial charge is 0.303 e. The Kier molecular flexibility index (Phi) is 4.29. The molecule has 0 spiro atoms. The third-order valence-corrected chi connectivity index (χ3v) is 5.20. The molecule has 0 unspecified atom stereocenters. The van der Waals surface area contributed by atoms with Crippen LogP contribution in [-0.2, 0) is 0 Å². The van der Waals surface area contributed by atoms with Crippen molar-refractivity contribution in [3.8, 4) is 0 Å². The van der Waals surface area contributed by atoms with Crippen LogP contribution in [0.1, 0.15) is 65.2 Å². The van der Waals surface area contributed by atoms with Gasteiger partial charge < -0.3 is 4.90 Å². The van der Waals surface area contributed by atoms with E-state index in [2.05, 4.69) is 18.7 Å². The van der Waals surface area contributed by atoms with Gasteiger partial charge in [0, 0.05) is 0 Å². The average Bonchev–Trinajstić information content (AvgIpc) is 2.78. The molecule has 1 heterocycles. The Morgan fingerprint density at radius 2 is 1.56 bits per heavy atom. The molecule has 0 aromatic carbocycles. The Morgan fingerprint density at radius 3 is 2.12 bits per heavy atom.